The predicted molar refractivity (Wildman–Crippen MR) is 48.7 cm³/mol. The van der Waals surface area contributed by atoms with Gasteiger partial charge >= 0.3 is 0 Å². The fourth-order valence-electron chi connectivity index (χ4n) is 1.52. The molecular weight excluding hydrogens is 152 g/mol. The molecule has 2 rings (SSSR count). The molecule has 0 saturated heterocycles. The van der Waals surface area contributed by atoms with Gasteiger partial charge in [0.1, 0.15) is 6.67 Å². The summed E-state index contributed by atoms with van der Waals surface area (Å²) >= 11 is 0. The van der Waals surface area contributed by atoms with Crippen LogP contribution >= 0.6 is 0 Å². The maximum Gasteiger partial charge on any atom is 0.116 e. The summed E-state index contributed by atoms with van der Waals surface area (Å²) in [4.78, 5) is 2.01. The van der Waals surface area contributed by atoms with E-state index in [1.165, 1.54) is 10.6 Å². The molecule has 0 bridgehead atoms. The molecule has 1 aliphatic heterocycles. The number of hydroxylamine groups is 1. The van der Waals surface area contributed by atoms with Crippen molar-refractivity contribution < 1.29 is 5.21 Å². The highest BCUT2D eigenvalue weighted by Gasteiger charge is 2.21. The number of benzene rings is 1. The van der Waals surface area contributed by atoms with Crippen LogP contribution in [0.4, 0.5) is 11.4 Å². The third-order valence-corrected chi connectivity index (χ3v) is 2.17. The lowest BCUT2D eigenvalue weighted by Crippen LogP contribution is -2.24. The molecule has 0 unspecified atom stereocenters. The van der Waals surface area contributed by atoms with Crippen molar-refractivity contribution in [1.82, 2.24) is 0 Å². The smallest absolute Gasteiger partial charge is 0.116 e. The summed E-state index contributed by atoms with van der Waals surface area (Å²) in [5.41, 5.74) is 3.16. The van der Waals surface area contributed by atoms with Gasteiger partial charge < -0.3 is 4.90 Å². The number of hydrogen-bond donors (Lipinski definition) is 1. The van der Waals surface area contributed by atoms with E-state index >= 15 is 0 Å². The van der Waals surface area contributed by atoms with E-state index in [1.54, 1.807) is 0 Å². The van der Waals surface area contributed by atoms with Crippen LogP contribution in [-0.4, -0.2) is 18.9 Å². The number of aryl methyl sites for hydroxylation is 1. The largest absolute Gasteiger partial charge is 0.353 e. The maximum atomic E-state index is 9.47. The molecule has 1 N–H and O–H groups in total. The Morgan fingerprint density at radius 1 is 1.33 bits per heavy atom. The summed E-state index contributed by atoms with van der Waals surface area (Å²) in [6.07, 6.45) is 0. The molecule has 12 heavy (non-hydrogen) atoms. The zero-order valence-electron chi connectivity index (χ0n) is 7.28. The SMILES string of the molecule is Cc1ccc2c(c1)N(O)CN2C. The molecule has 3 nitrogen and oxygen atoms in total. The molecule has 64 valence electrons. The Morgan fingerprint density at radius 3 is 2.83 bits per heavy atom. The van der Waals surface area contributed by atoms with Gasteiger partial charge in [0.25, 0.3) is 0 Å². The fourth-order valence-corrected chi connectivity index (χ4v) is 1.52. The third kappa shape index (κ3) is 0.940. The van der Waals surface area contributed by atoms with Crippen LogP contribution in [0.1, 0.15) is 5.56 Å². The summed E-state index contributed by atoms with van der Waals surface area (Å²) in [6, 6.07) is 6.06. The molecule has 0 radical (unpaired) electrons. The van der Waals surface area contributed by atoms with Crippen molar-refractivity contribution in [3.8, 4) is 0 Å². The molecule has 1 heterocycles. The van der Waals surface area contributed by atoms with Crippen LogP contribution in [0.5, 0.6) is 0 Å². The molecule has 0 aromatic heterocycles. The molecular formula is C9H12N2O. The van der Waals surface area contributed by atoms with Crippen molar-refractivity contribution >= 4 is 11.4 Å². The van der Waals surface area contributed by atoms with Gasteiger partial charge in [-0.3, -0.25) is 5.21 Å². The fraction of sp³-hybridized carbons (Fsp3) is 0.333. The first-order chi connectivity index (χ1) is 5.68. The molecule has 1 aromatic rings. The minimum atomic E-state index is 0.554. The lowest BCUT2D eigenvalue weighted by molar-refractivity contribution is 0.263. The standard InChI is InChI=1S/C9H12N2O/c1-7-3-4-8-9(5-7)11(12)6-10(8)2/h3-5,12H,6H2,1-2H3. The highest BCUT2D eigenvalue weighted by molar-refractivity contribution is 5.75. The van der Waals surface area contributed by atoms with E-state index in [9.17, 15) is 5.21 Å². The lowest BCUT2D eigenvalue weighted by atomic mass is 10.2. The average Bonchev–Trinajstić information content (AvgIpc) is 2.28. The summed E-state index contributed by atoms with van der Waals surface area (Å²) in [5.74, 6) is 0. The summed E-state index contributed by atoms with van der Waals surface area (Å²) in [5, 5.41) is 10.7. The van der Waals surface area contributed by atoms with E-state index in [4.69, 9.17) is 0 Å². The topological polar surface area (TPSA) is 26.7 Å². The van der Waals surface area contributed by atoms with Gasteiger partial charge in [-0.05, 0) is 24.6 Å². The Bertz CT molecular complexity index is 311. The van der Waals surface area contributed by atoms with Crippen molar-refractivity contribution in [2.45, 2.75) is 6.92 Å². The summed E-state index contributed by atoms with van der Waals surface area (Å²) in [7, 11) is 1.96. The van der Waals surface area contributed by atoms with Gasteiger partial charge in [0, 0.05) is 7.05 Å². The molecule has 0 aliphatic carbocycles. The van der Waals surface area contributed by atoms with Gasteiger partial charge in [-0.1, -0.05) is 6.07 Å². The van der Waals surface area contributed by atoms with Gasteiger partial charge in [0.05, 0.1) is 11.4 Å². The van der Waals surface area contributed by atoms with Crippen LogP contribution in [0.25, 0.3) is 0 Å². The van der Waals surface area contributed by atoms with E-state index in [1.807, 2.05) is 31.0 Å². The molecule has 0 spiro atoms. The van der Waals surface area contributed by atoms with Crippen molar-refractivity contribution in [3.05, 3.63) is 23.8 Å². The van der Waals surface area contributed by atoms with E-state index in [0.717, 1.165) is 11.4 Å². The Morgan fingerprint density at radius 2 is 2.08 bits per heavy atom. The molecule has 1 aromatic carbocycles. The monoisotopic (exact) mass is 164 g/mol. The number of anilines is 2. The van der Waals surface area contributed by atoms with E-state index < -0.39 is 0 Å². The first kappa shape index (κ1) is 7.43. The van der Waals surface area contributed by atoms with Gasteiger partial charge in [-0.2, -0.15) is 0 Å². The molecule has 1 aliphatic rings. The number of nitrogens with zero attached hydrogens (tertiary/aromatic N) is 2. The molecule has 3 heteroatoms. The average molecular weight is 164 g/mol. The van der Waals surface area contributed by atoms with Crippen molar-refractivity contribution in [1.29, 1.82) is 0 Å². The van der Waals surface area contributed by atoms with Crippen LogP contribution in [0.15, 0.2) is 18.2 Å². The molecule has 0 atom stereocenters. The van der Waals surface area contributed by atoms with Crippen LogP contribution in [-0.2, 0) is 0 Å². The minimum Gasteiger partial charge on any atom is -0.353 e. The van der Waals surface area contributed by atoms with Crippen molar-refractivity contribution in [2.75, 3.05) is 23.7 Å². The Kier molecular flexibility index (Phi) is 1.48. The Balaban J connectivity index is 2.53. The summed E-state index contributed by atoms with van der Waals surface area (Å²) < 4.78 is 0. The second-order valence-corrected chi connectivity index (χ2v) is 3.23. The van der Waals surface area contributed by atoms with Gasteiger partial charge in [0.2, 0.25) is 0 Å². The first-order valence-electron chi connectivity index (χ1n) is 3.96. The second-order valence-electron chi connectivity index (χ2n) is 3.23. The van der Waals surface area contributed by atoms with E-state index in [0.29, 0.717) is 6.67 Å². The Labute approximate surface area is 71.8 Å². The third-order valence-electron chi connectivity index (χ3n) is 2.17. The van der Waals surface area contributed by atoms with Crippen LogP contribution in [0.3, 0.4) is 0 Å². The van der Waals surface area contributed by atoms with Crippen molar-refractivity contribution in [3.63, 3.8) is 0 Å². The van der Waals surface area contributed by atoms with Gasteiger partial charge in [-0.25, -0.2) is 5.06 Å². The molecule has 0 saturated carbocycles. The van der Waals surface area contributed by atoms with Crippen molar-refractivity contribution in [2.24, 2.45) is 0 Å². The molecule has 0 fully saturated rings. The van der Waals surface area contributed by atoms with Crippen LogP contribution in [0.2, 0.25) is 0 Å². The minimum absolute atomic E-state index is 0.554. The maximum absolute atomic E-state index is 9.47. The lowest BCUT2D eigenvalue weighted by Gasteiger charge is -2.10. The normalized spacial score (nSPS) is 15.2. The van der Waals surface area contributed by atoms with Gasteiger partial charge in [0.15, 0.2) is 0 Å². The van der Waals surface area contributed by atoms with E-state index in [2.05, 4.69) is 6.07 Å². The molecule has 0 amide bonds. The number of rotatable bonds is 0. The van der Waals surface area contributed by atoms with Crippen LogP contribution < -0.4 is 9.96 Å². The number of fused-ring (bicyclic) bond motifs is 1. The van der Waals surface area contributed by atoms with E-state index in [-0.39, 0.29) is 0 Å². The zero-order chi connectivity index (χ0) is 8.72. The second kappa shape index (κ2) is 2.38. The highest BCUT2D eigenvalue weighted by atomic mass is 16.5. The number of hydrogen-bond acceptors (Lipinski definition) is 3. The highest BCUT2D eigenvalue weighted by Crippen LogP contribution is 2.33. The van der Waals surface area contributed by atoms with Crippen LogP contribution in [0, 0.1) is 6.92 Å². The quantitative estimate of drug-likeness (QED) is 0.631. The summed E-state index contributed by atoms with van der Waals surface area (Å²) in [6.45, 7) is 2.57. The zero-order valence-corrected chi connectivity index (χ0v) is 7.28. The predicted octanol–water partition coefficient (Wildman–Crippen LogP) is 1.60. The Hall–Kier alpha value is -1.22. The first-order valence-corrected chi connectivity index (χ1v) is 3.96. The van der Waals surface area contributed by atoms with Gasteiger partial charge in [-0.15, -0.1) is 0 Å².